The molecule has 0 aliphatic heterocycles. The molecule has 0 radical (unpaired) electrons. The molecule has 0 aliphatic carbocycles. The first kappa shape index (κ1) is 13.7. The average molecular weight is 241 g/mol. The Morgan fingerprint density at radius 3 is 2.88 bits per heavy atom. The van der Waals surface area contributed by atoms with Gasteiger partial charge in [0.25, 0.3) is 0 Å². The summed E-state index contributed by atoms with van der Waals surface area (Å²) in [6.07, 6.45) is 1.09. The molecule has 1 N–H and O–H groups in total. The van der Waals surface area contributed by atoms with E-state index >= 15 is 0 Å². The number of hydrogen-bond acceptors (Lipinski definition) is 3. The Morgan fingerprint density at radius 2 is 2.25 bits per heavy atom. The van der Waals surface area contributed by atoms with Crippen LogP contribution in [0, 0.1) is 12.8 Å². The molecule has 0 saturated carbocycles. The molecule has 0 aliphatic rings. The second-order valence-electron chi connectivity index (χ2n) is 4.53. The normalized spacial score (nSPS) is 11.2. The van der Waals surface area contributed by atoms with E-state index in [1.54, 1.807) is 0 Å². The summed E-state index contributed by atoms with van der Waals surface area (Å²) < 4.78 is 5.52. The molecule has 0 amide bonds. The summed E-state index contributed by atoms with van der Waals surface area (Å²) in [5, 5.41) is 5.60. The lowest BCUT2D eigenvalue weighted by Gasteiger charge is -2.07. The van der Waals surface area contributed by atoms with Crippen LogP contribution in [0.2, 0.25) is 0 Å². The first-order chi connectivity index (χ1) is 7.70. The number of rotatable bonds is 8. The maximum absolute atomic E-state index is 5.52. The Balaban J connectivity index is 1.94. The van der Waals surface area contributed by atoms with Gasteiger partial charge in [0.15, 0.2) is 0 Å². The van der Waals surface area contributed by atoms with E-state index in [0.29, 0.717) is 5.92 Å². The van der Waals surface area contributed by atoms with Gasteiger partial charge in [-0.2, -0.15) is 0 Å². The molecule has 2 nitrogen and oxygen atoms in total. The third kappa shape index (κ3) is 5.64. The van der Waals surface area contributed by atoms with Gasteiger partial charge in [-0.1, -0.05) is 13.8 Å². The minimum absolute atomic E-state index is 0.640. The molecule has 0 atom stereocenters. The molecule has 0 fully saturated rings. The van der Waals surface area contributed by atoms with E-state index in [0.717, 1.165) is 32.7 Å². The molecule has 1 aromatic heterocycles. The van der Waals surface area contributed by atoms with Gasteiger partial charge in [0.1, 0.15) is 0 Å². The average Bonchev–Trinajstić information content (AvgIpc) is 2.62. The summed E-state index contributed by atoms with van der Waals surface area (Å²) in [5.41, 5.74) is 1.40. The molecule has 0 unspecified atom stereocenters. The van der Waals surface area contributed by atoms with Crippen molar-refractivity contribution in [3.05, 3.63) is 21.9 Å². The number of thiophene rings is 1. The molecular formula is C13H23NOS. The van der Waals surface area contributed by atoms with Crippen LogP contribution in [0.5, 0.6) is 0 Å². The molecule has 1 rings (SSSR count). The minimum Gasteiger partial charge on any atom is -0.381 e. The second-order valence-corrected chi connectivity index (χ2v) is 5.53. The van der Waals surface area contributed by atoms with Crippen LogP contribution in [0.25, 0.3) is 0 Å². The van der Waals surface area contributed by atoms with E-state index in [4.69, 9.17) is 4.74 Å². The van der Waals surface area contributed by atoms with Crippen molar-refractivity contribution in [3.8, 4) is 0 Å². The zero-order valence-corrected chi connectivity index (χ0v) is 11.4. The zero-order chi connectivity index (χ0) is 11.8. The Morgan fingerprint density at radius 1 is 1.44 bits per heavy atom. The molecule has 1 aromatic rings. The number of hydrogen-bond donors (Lipinski definition) is 1. The minimum atomic E-state index is 0.640. The maximum Gasteiger partial charge on any atom is 0.0489 e. The highest BCUT2D eigenvalue weighted by Gasteiger charge is 1.98. The van der Waals surface area contributed by atoms with Crippen LogP contribution in [0.3, 0.4) is 0 Å². The van der Waals surface area contributed by atoms with Crippen LogP contribution in [0.15, 0.2) is 11.4 Å². The van der Waals surface area contributed by atoms with Gasteiger partial charge in [-0.25, -0.2) is 0 Å². The van der Waals surface area contributed by atoms with Gasteiger partial charge < -0.3 is 10.1 Å². The van der Waals surface area contributed by atoms with Gasteiger partial charge in [-0.15, -0.1) is 11.3 Å². The molecule has 0 saturated heterocycles. The molecule has 0 aromatic carbocycles. The van der Waals surface area contributed by atoms with Crippen LogP contribution in [-0.4, -0.2) is 19.8 Å². The van der Waals surface area contributed by atoms with Crippen LogP contribution in [-0.2, 0) is 11.3 Å². The summed E-state index contributed by atoms with van der Waals surface area (Å²) in [6.45, 7) is 10.3. The van der Waals surface area contributed by atoms with Crippen LogP contribution in [0.4, 0.5) is 0 Å². The molecule has 1 heterocycles. The largest absolute Gasteiger partial charge is 0.381 e. The highest BCUT2D eigenvalue weighted by Crippen LogP contribution is 2.14. The highest BCUT2D eigenvalue weighted by molar-refractivity contribution is 7.10. The first-order valence-corrected chi connectivity index (χ1v) is 6.89. The Kier molecular flexibility index (Phi) is 6.69. The highest BCUT2D eigenvalue weighted by atomic mass is 32.1. The van der Waals surface area contributed by atoms with Crippen molar-refractivity contribution in [3.63, 3.8) is 0 Å². The number of aryl methyl sites for hydroxylation is 1. The number of nitrogens with one attached hydrogen (secondary N) is 1. The fourth-order valence-corrected chi connectivity index (χ4v) is 2.28. The summed E-state index contributed by atoms with van der Waals surface area (Å²) in [5.74, 6) is 0.640. The van der Waals surface area contributed by atoms with E-state index in [1.165, 1.54) is 10.4 Å². The summed E-state index contributed by atoms with van der Waals surface area (Å²) in [7, 11) is 0. The van der Waals surface area contributed by atoms with Crippen molar-refractivity contribution < 1.29 is 4.74 Å². The SMILES string of the molecule is Cc1ccsc1CNCCCOCC(C)C. The predicted molar refractivity (Wildman–Crippen MR) is 71.0 cm³/mol. The van der Waals surface area contributed by atoms with E-state index in [-0.39, 0.29) is 0 Å². The first-order valence-electron chi connectivity index (χ1n) is 6.01. The lowest BCUT2D eigenvalue weighted by atomic mass is 10.2. The molecule has 16 heavy (non-hydrogen) atoms. The van der Waals surface area contributed by atoms with Crippen LogP contribution >= 0.6 is 11.3 Å². The third-order valence-electron chi connectivity index (χ3n) is 2.35. The summed E-state index contributed by atoms with van der Waals surface area (Å²) in [6, 6.07) is 2.17. The third-order valence-corrected chi connectivity index (χ3v) is 3.37. The van der Waals surface area contributed by atoms with E-state index in [1.807, 2.05) is 11.3 Å². The Bertz CT molecular complexity index is 283. The second kappa shape index (κ2) is 7.82. The zero-order valence-electron chi connectivity index (χ0n) is 10.6. The van der Waals surface area contributed by atoms with Crippen molar-refractivity contribution in [2.24, 2.45) is 5.92 Å². The fraction of sp³-hybridized carbons (Fsp3) is 0.692. The lowest BCUT2D eigenvalue weighted by Crippen LogP contribution is -2.16. The van der Waals surface area contributed by atoms with Crippen LogP contribution in [0.1, 0.15) is 30.7 Å². The lowest BCUT2D eigenvalue weighted by molar-refractivity contribution is 0.108. The molecule has 92 valence electrons. The van der Waals surface area contributed by atoms with Gasteiger partial charge in [0.2, 0.25) is 0 Å². The maximum atomic E-state index is 5.52. The Hall–Kier alpha value is -0.380. The van der Waals surface area contributed by atoms with Gasteiger partial charge in [0, 0.05) is 24.6 Å². The van der Waals surface area contributed by atoms with Crippen molar-refractivity contribution in [2.75, 3.05) is 19.8 Å². The molecule has 0 spiro atoms. The van der Waals surface area contributed by atoms with Gasteiger partial charge in [-0.05, 0) is 42.8 Å². The topological polar surface area (TPSA) is 21.3 Å². The van der Waals surface area contributed by atoms with E-state index in [9.17, 15) is 0 Å². The van der Waals surface area contributed by atoms with Gasteiger partial charge in [0.05, 0.1) is 0 Å². The predicted octanol–water partition coefficient (Wildman–Crippen LogP) is 3.21. The molecule has 3 heteroatoms. The summed E-state index contributed by atoms with van der Waals surface area (Å²) >= 11 is 1.83. The summed E-state index contributed by atoms with van der Waals surface area (Å²) in [4.78, 5) is 1.45. The van der Waals surface area contributed by atoms with Crippen LogP contribution < -0.4 is 5.32 Å². The van der Waals surface area contributed by atoms with E-state index in [2.05, 4.69) is 37.5 Å². The van der Waals surface area contributed by atoms with Crippen molar-refractivity contribution in [2.45, 2.75) is 33.7 Å². The quantitative estimate of drug-likeness (QED) is 0.706. The smallest absolute Gasteiger partial charge is 0.0489 e. The van der Waals surface area contributed by atoms with Gasteiger partial charge >= 0.3 is 0 Å². The standard InChI is InChI=1S/C13H23NOS/c1-11(2)10-15-7-4-6-14-9-13-12(3)5-8-16-13/h5,8,11,14H,4,6-7,9-10H2,1-3H3. The number of ether oxygens (including phenoxy) is 1. The Labute approximate surface area is 103 Å². The van der Waals surface area contributed by atoms with Crippen molar-refractivity contribution in [1.82, 2.24) is 5.32 Å². The monoisotopic (exact) mass is 241 g/mol. The van der Waals surface area contributed by atoms with Gasteiger partial charge in [-0.3, -0.25) is 0 Å². The van der Waals surface area contributed by atoms with Crippen molar-refractivity contribution >= 4 is 11.3 Å². The fourth-order valence-electron chi connectivity index (χ4n) is 1.41. The van der Waals surface area contributed by atoms with Crippen molar-refractivity contribution in [1.29, 1.82) is 0 Å². The molecule has 0 bridgehead atoms. The van der Waals surface area contributed by atoms with E-state index < -0.39 is 0 Å². The molecular weight excluding hydrogens is 218 g/mol.